The van der Waals surface area contributed by atoms with Gasteiger partial charge in [-0.05, 0) is 138 Å². The van der Waals surface area contributed by atoms with Crippen molar-refractivity contribution in [3.05, 3.63) is 71.8 Å². The number of fused-ring (bicyclic) bond motifs is 2. The van der Waals surface area contributed by atoms with E-state index in [2.05, 4.69) is 51.1 Å². The molecule has 2 aromatic rings. The summed E-state index contributed by atoms with van der Waals surface area (Å²) in [5.74, 6) is -7.06. The number of Topliss-reactive ketones (excluding diaryl/α,β-unsaturated/α-hetero) is 1. The van der Waals surface area contributed by atoms with Crippen LogP contribution >= 0.6 is 12.4 Å². The Labute approximate surface area is 663 Å². The van der Waals surface area contributed by atoms with E-state index in [4.69, 9.17) is 24.7 Å². The smallest absolute Gasteiger partial charge is 0.408 e. The first kappa shape index (κ1) is 90.7. The van der Waals surface area contributed by atoms with Crippen LogP contribution in [-0.2, 0) is 71.7 Å². The van der Waals surface area contributed by atoms with Gasteiger partial charge in [-0.25, -0.2) is 14.4 Å². The average molecular weight is 1590 g/mol. The quantitative estimate of drug-likeness (QED) is 0.0557. The van der Waals surface area contributed by atoms with Gasteiger partial charge >= 0.3 is 18.2 Å². The third kappa shape index (κ3) is 23.6. The van der Waals surface area contributed by atoms with E-state index >= 15 is 0 Å². The number of carboxylic acids is 1. The molecule has 13 atom stereocenters. The molecule has 0 spiro atoms. The van der Waals surface area contributed by atoms with Crippen molar-refractivity contribution in [3.63, 3.8) is 0 Å². The van der Waals surface area contributed by atoms with Crippen LogP contribution in [0.25, 0.3) is 0 Å². The topological polar surface area (TPSA) is 422 Å². The van der Waals surface area contributed by atoms with Gasteiger partial charge in [0.15, 0.2) is 6.10 Å². The number of halogens is 1. The fourth-order valence-electron chi connectivity index (χ4n) is 16.5. The number of nitrogens with zero attached hydrogens (tertiary/aromatic N) is 4. The minimum atomic E-state index is -1.77. The zero-order chi connectivity index (χ0) is 81.8. The van der Waals surface area contributed by atoms with Crippen LogP contribution < -0.4 is 43.0 Å². The predicted octanol–water partition coefficient (Wildman–Crippen LogP) is 4.32. The molecule has 2 aromatic carbocycles. The van der Waals surface area contributed by atoms with E-state index in [9.17, 15) is 72.5 Å². The molecule has 4 saturated heterocycles. The molecule has 0 radical (unpaired) electrons. The standard InChI is InChI=1S/C40H58N6O9.C28H45N3O8.C12H17N3O2.ClH/c1-39(2,3)55-38(53)44-31(25-16-12-9-13-17-25)37(52)46-20-26-29(40(26,4)5)32(46)34(49)42-27(18-23-21-54-22-23)33(48)35(50)41-19-28(47)43-30(36(51)45(6)7)24-14-10-8-11-15-24;1-27(2,3)39-26(37)30-20(16-9-7-6-8-10-16)24(34)31-12-17-19(28(17,4)5)21(31)23(33)29-18(22(32)25(35)36)11-15-13-38-14-15;1-15(2)12(17)11(14-10(16)8-13)9-6-4-3-5-7-9;/h8,10-11,14-15,23,25-27,29-32H,9,12-13,16-22H2,1-7H3,(H,41,50)(H,42,49)(H,43,47)(H,44,53);15-22,32H,6-14H2,1-5H3,(H,29,33)(H,30,37)(H,35,36);3-7,11H,8,13H2,1-2H3,(H,14,16);1H/t26?,27?,29-,30-,31-,32-;17?,18?,19-,20-,21-,22?;11-;/m000./s1. The molecular weight excluding hydrogens is 1470 g/mol. The van der Waals surface area contributed by atoms with Gasteiger partial charge < -0.3 is 91.7 Å². The van der Waals surface area contributed by atoms with Crippen molar-refractivity contribution in [2.45, 2.75) is 212 Å². The number of ether oxygens (including phenoxy) is 4. The van der Waals surface area contributed by atoms with Gasteiger partial charge in [0, 0.05) is 53.1 Å². The first-order chi connectivity index (χ1) is 52.1. The Morgan fingerprint density at radius 1 is 0.554 bits per heavy atom. The van der Waals surface area contributed by atoms with Gasteiger partial charge in [-0.3, -0.25) is 47.9 Å². The van der Waals surface area contributed by atoms with E-state index in [1.54, 1.807) is 122 Å². The molecule has 10 rings (SSSR count). The Morgan fingerprint density at radius 3 is 1.29 bits per heavy atom. The number of carbonyl (C=O) groups is 13. The number of benzene rings is 2. The number of carboxylic acid groups (broad SMARTS) is 1. The van der Waals surface area contributed by atoms with Gasteiger partial charge in [-0.1, -0.05) is 127 Å². The van der Waals surface area contributed by atoms with Crippen LogP contribution in [0.2, 0.25) is 0 Å². The number of ketones is 1. The first-order valence-electron chi connectivity index (χ1n) is 39.1. The second kappa shape index (κ2) is 39.0. The number of aliphatic carboxylic acids is 1. The summed E-state index contributed by atoms with van der Waals surface area (Å²) in [6.07, 6.45) is 6.25. The highest BCUT2D eigenvalue weighted by Crippen LogP contribution is 2.66. The number of aliphatic hydroxyl groups excluding tert-OH is 1. The normalized spacial score (nSPS) is 23.4. The summed E-state index contributed by atoms with van der Waals surface area (Å²) in [7, 11) is 6.42. The highest BCUT2D eigenvalue weighted by molar-refractivity contribution is 6.38. The SMILES string of the molecule is CC(C)(C)OC(=O)N[C@H](C(=O)N1CC2[C@@H]([C@H]1C(=O)NC(CC1COC1)C(O)C(=O)O)C2(C)C)C1CCCCC1.CN(C)C(=O)[C@@H](NC(=O)CN)c1ccccc1.CN(C)C(=O)[C@@H](NC(=O)CNC(=O)C(=O)C(CC1COC1)NC(=O)[C@@H]1[C@@H]2C(CN1C(=O)[C@@H](NC(=O)OC(C)(C)C)C1CCCCC1)C2(C)C)c1ccccc1.Cl. The van der Waals surface area contributed by atoms with Gasteiger partial charge in [0.25, 0.3) is 5.91 Å². The predicted molar refractivity (Wildman–Crippen MR) is 414 cm³/mol. The highest BCUT2D eigenvalue weighted by atomic mass is 35.5. The van der Waals surface area contributed by atoms with E-state index in [0.29, 0.717) is 45.1 Å². The first-order valence-corrected chi connectivity index (χ1v) is 39.1. The van der Waals surface area contributed by atoms with Crippen molar-refractivity contribution in [1.29, 1.82) is 0 Å². The average Bonchev–Trinajstić information content (AvgIpc) is 1.53. The minimum Gasteiger partial charge on any atom is -0.479 e. The zero-order valence-electron chi connectivity index (χ0n) is 67.3. The molecule has 8 aliphatic rings. The summed E-state index contributed by atoms with van der Waals surface area (Å²) >= 11 is 0. The number of piperidine rings is 2. The molecular formula is C80H121ClN12O19. The van der Waals surface area contributed by atoms with Gasteiger partial charge in [0.2, 0.25) is 53.0 Å². The summed E-state index contributed by atoms with van der Waals surface area (Å²) in [4.78, 5) is 176. The fraction of sp³-hybridized carbons (Fsp3) is 0.688. The van der Waals surface area contributed by atoms with E-state index in [-0.39, 0.29) is 120 Å². The summed E-state index contributed by atoms with van der Waals surface area (Å²) in [6.45, 7) is 20.3. The zero-order valence-corrected chi connectivity index (χ0v) is 68.2. The molecule has 4 saturated carbocycles. The van der Waals surface area contributed by atoms with Gasteiger partial charge in [-0.2, -0.15) is 0 Å². The number of likely N-dealkylation sites (tertiary alicyclic amines) is 2. The van der Waals surface area contributed by atoms with Crippen molar-refractivity contribution in [2.24, 2.45) is 63.9 Å². The van der Waals surface area contributed by atoms with E-state index < -0.39 is 120 Å². The minimum absolute atomic E-state index is 0. The lowest BCUT2D eigenvalue weighted by Gasteiger charge is -2.38. The molecule has 31 nitrogen and oxygen atoms in total. The number of nitrogens with one attached hydrogen (secondary N) is 7. The summed E-state index contributed by atoms with van der Waals surface area (Å²) < 4.78 is 21.5. The Balaban J connectivity index is 0.000000264. The molecule has 622 valence electrons. The number of nitrogens with two attached hydrogens (primary N) is 1. The lowest BCUT2D eigenvalue weighted by atomic mass is 9.83. The molecule has 4 heterocycles. The maximum atomic E-state index is 14.5. The number of hydrogen-bond donors (Lipinski definition) is 10. The van der Waals surface area contributed by atoms with E-state index in [0.717, 1.165) is 69.8 Å². The molecule has 4 aliphatic heterocycles. The molecule has 11 amide bonds. The van der Waals surface area contributed by atoms with E-state index in [1.807, 2.05) is 32.0 Å². The molecule has 0 bridgehead atoms. The monoisotopic (exact) mass is 1590 g/mol. The van der Waals surface area contributed by atoms with Crippen LogP contribution in [0.5, 0.6) is 0 Å². The highest BCUT2D eigenvalue weighted by Gasteiger charge is 2.71. The van der Waals surface area contributed by atoms with Crippen molar-refractivity contribution >= 4 is 89.5 Å². The van der Waals surface area contributed by atoms with Crippen LogP contribution in [0.1, 0.15) is 169 Å². The molecule has 112 heavy (non-hydrogen) atoms. The fourth-order valence-corrected chi connectivity index (χ4v) is 16.5. The summed E-state index contributed by atoms with van der Waals surface area (Å²) in [5, 5.41) is 38.7. The van der Waals surface area contributed by atoms with Gasteiger partial charge in [0.05, 0.1) is 51.6 Å². The summed E-state index contributed by atoms with van der Waals surface area (Å²) in [5.41, 5.74) is 4.64. The number of hydrogen-bond acceptors (Lipinski definition) is 19. The number of amides is 11. The Hall–Kier alpha value is -8.52. The van der Waals surface area contributed by atoms with Gasteiger partial charge in [0.1, 0.15) is 47.5 Å². The molecule has 4 aliphatic carbocycles. The van der Waals surface area contributed by atoms with Crippen LogP contribution in [0.15, 0.2) is 60.7 Å². The van der Waals surface area contributed by atoms with Crippen molar-refractivity contribution < 1.29 is 91.5 Å². The lowest BCUT2D eigenvalue weighted by molar-refractivity contribution is -0.151. The Kier molecular flexibility index (Phi) is 31.6. The Bertz CT molecular complexity index is 3650. The molecule has 32 heteroatoms. The molecule has 0 aromatic heterocycles. The van der Waals surface area contributed by atoms with Gasteiger partial charge in [-0.15, -0.1) is 12.4 Å². The van der Waals surface area contributed by atoms with Crippen LogP contribution in [-0.4, -0.2) is 241 Å². The number of aliphatic hydroxyl groups is 1. The van der Waals surface area contributed by atoms with Crippen molar-refractivity contribution in [3.8, 4) is 0 Å². The van der Waals surface area contributed by atoms with Crippen LogP contribution in [0, 0.1) is 58.2 Å². The second-order valence-corrected chi connectivity index (χ2v) is 34.6. The number of carbonyl (C=O) groups excluding carboxylic acids is 12. The Morgan fingerprint density at radius 2 is 0.938 bits per heavy atom. The maximum absolute atomic E-state index is 14.5. The number of likely N-dealkylation sites (N-methyl/N-ethyl adjacent to an activating group) is 2. The van der Waals surface area contributed by atoms with Crippen molar-refractivity contribution in [2.75, 3.05) is 80.8 Å². The number of alkyl carbamates (subject to hydrolysis) is 2. The van der Waals surface area contributed by atoms with Crippen LogP contribution in [0.3, 0.4) is 0 Å². The molecule has 8 fully saturated rings. The second-order valence-electron chi connectivity index (χ2n) is 34.6. The third-order valence-electron chi connectivity index (χ3n) is 22.9. The van der Waals surface area contributed by atoms with Crippen LogP contribution in [0.4, 0.5) is 9.59 Å². The summed E-state index contributed by atoms with van der Waals surface area (Å²) in [6, 6.07) is 10.4. The largest absolute Gasteiger partial charge is 0.479 e. The third-order valence-corrected chi connectivity index (χ3v) is 22.9. The molecule has 11 N–H and O–H groups in total. The maximum Gasteiger partial charge on any atom is 0.408 e. The van der Waals surface area contributed by atoms with Crippen molar-refractivity contribution in [1.82, 2.24) is 56.8 Å². The molecule has 5 unspecified atom stereocenters. The number of rotatable bonds is 27. The lowest BCUT2D eigenvalue weighted by Crippen LogP contribution is -2.60. The van der Waals surface area contributed by atoms with E-state index in [1.165, 1.54) is 9.80 Å².